The molecule has 0 atom stereocenters. The van der Waals surface area contributed by atoms with Crippen LogP contribution in [-0.4, -0.2) is 17.3 Å². The molecule has 4 nitrogen and oxygen atoms in total. The average molecular weight is 217 g/mol. The van der Waals surface area contributed by atoms with E-state index in [9.17, 15) is 0 Å². The summed E-state index contributed by atoms with van der Waals surface area (Å²) >= 11 is 0. The number of methoxy groups -OCH3 is 1. The third-order valence-electron chi connectivity index (χ3n) is 2.65. The summed E-state index contributed by atoms with van der Waals surface area (Å²) in [5.74, 6) is 1.44. The Balaban J connectivity index is 2.20. The second-order valence-corrected chi connectivity index (χ2v) is 3.74. The zero-order valence-electron chi connectivity index (χ0n) is 9.45. The number of nitrogens with zero attached hydrogens (tertiary/aromatic N) is 1. The number of hydrogen-bond acceptors (Lipinski definition) is 3. The molecule has 0 spiro atoms. The first kappa shape index (κ1) is 10.5. The van der Waals surface area contributed by atoms with E-state index in [1.54, 1.807) is 7.11 Å². The fourth-order valence-electron chi connectivity index (χ4n) is 1.64. The van der Waals surface area contributed by atoms with Crippen LogP contribution in [0.3, 0.4) is 0 Å². The molecule has 4 heteroatoms. The molecule has 1 heterocycles. The standard InChI is InChI=1S/C12H15N3O/c1-8-11(12(13)15-14-8)7-9-3-5-10(16-2)6-4-9/h3-6H,7H2,1-2H3,(H3,13,14,15). The number of nitrogens with one attached hydrogen (secondary N) is 1. The summed E-state index contributed by atoms with van der Waals surface area (Å²) in [6.07, 6.45) is 0.790. The fourth-order valence-corrected chi connectivity index (χ4v) is 1.64. The molecule has 0 saturated heterocycles. The predicted molar refractivity (Wildman–Crippen MR) is 63.5 cm³/mol. The number of ether oxygens (including phenoxy) is 1. The van der Waals surface area contributed by atoms with Gasteiger partial charge in [-0.1, -0.05) is 12.1 Å². The number of H-pyrrole nitrogens is 1. The van der Waals surface area contributed by atoms with Crippen molar-refractivity contribution in [2.75, 3.05) is 12.8 Å². The van der Waals surface area contributed by atoms with E-state index in [1.807, 2.05) is 31.2 Å². The van der Waals surface area contributed by atoms with E-state index in [0.29, 0.717) is 5.82 Å². The van der Waals surface area contributed by atoms with Gasteiger partial charge in [0.2, 0.25) is 0 Å². The molecule has 0 bridgehead atoms. The van der Waals surface area contributed by atoms with E-state index < -0.39 is 0 Å². The predicted octanol–water partition coefficient (Wildman–Crippen LogP) is 1.90. The van der Waals surface area contributed by atoms with Crippen molar-refractivity contribution in [3.05, 3.63) is 41.1 Å². The molecule has 1 aromatic carbocycles. The molecule has 84 valence electrons. The normalized spacial score (nSPS) is 10.4. The number of benzene rings is 1. The summed E-state index contributed by atoms with van der Waals surface area (Å²) in [5, 5.41) is 6.85. The van der Waals surface area contributed by atoms with Gasteiger partial charge >= 0.3 is 0 Å². The monoisotopic (exact) mass is 217 g/mol. The number of hydrogen-bond donors (Lipinski definition) is 2. The third-order valence-corrected chi connectivity index (χ3v) is 2.65. The van der Waals surface area contributed by atoms with E-state index in [2.05, 4.69) is 10.2 Å². The lowest BCUT2D eigenvalue weighted by atomic mass is 10.1. The molecule has 0 aliphatic heterocycles. The molecule has 0 radical (unpaired) electrons. The van der Waals surface area contributed by atoms with E-state index in [4.69, 9.17) is 10.5 Å². The SMILES string of the molecule is COc1ccc(Cc2c(N)n[nH]c2C)cc1. The number of nitrogen functional groups attached to an aromatic ring is 1. The molecule has 3 N–H and O–H groups in total. The van der Waals surface area contributed by atoms with Crippen LogP contribution >= 0.6 is 0 Å². The van der Waals surface area contributed by atoms with Crippen molar-refractivity contribution >= 4 is 5.82 Å². The summed E-state index contributed by atoms with van der Waals surface area (Å²) in [6.45, 7) is 1.97. The van der Waals surface area contributed by atoms with Crippen LogP contribution in [0.5, 0.6) is 5.75 Å². The van der Waals surface area contributed by atoms with Gasteiger partial charge in [0.25, 0.3) is 0 Å². The van der Waals surface area contributed by atoms with Crippen LogP contribution in [0.15, 0.2) is 24.3 Å². The Kier molecular flexibility index (Phi) is 2.81. The Labute approximate surface area is 94.4 Å². The zero-order valence-corrected chi connectivity index (χ0v) is 9.45. The van der Waals surface area contributed by atoms with Crippen LogP contribution in [0.1, 0.15) is 16.8 Å². The number of aromatic amines is 1. The van der Waals surface area contributed by atoms with E-state index in [1.165, 1.54) is 5.56 Å². The zero-order chi connectivity index (χ0) is 11.5. The summed E-state index contributed by atoms with van der Waals surface area (Å²) in [6, 6.07) is 7.96. The van der Waals surface area contributed by atoms with E-state index in [0.717, 1.165) is 23.4 Å². The van der Waals surface area contributed by atoms with Gasteiger partial charge in [0.05, 0.1) is 7.11 Å². The van der Waals surface area contributed by atoms with Gasteiger partial charge in [-0.25, -0.2) is 0 Å². The molecule has 2 rings (SSSR count). The maximum absolute atomic E-state index is 5.78. The number of rotatable bonds is 3. The minimum atomic E-state index is 0.577. The van der Waals surface area contributed by atoms with Gasteiger partial charge in [-0.15, -0.1) is 0 Å². The van der Waals surface area contributed by atoms with Crippen LogP contribution in [0.4, 0.5) is 5.82 Å². The molecule has 2 aromatic rings. The Morgan fingerprint density at radius 3 is 2.50 bits per heavy atom. The molecule has 16 heavy (non-hydrogen) atoms. The number of nitrogens with two attached hydrogens (primary N) is 1. The Hall–Kier alpha value is -1.97. The van der Waals surface area contributed by atoms with E-state index >= 15 is 0 Å². The number of anilines is 1. The van der Waals surface area contributed by atoms with Gasteiger partial charge in [-0.05, 0) is 24.6 Å². The molecule has 0 unspecified atom stereocenters. The lowest BCUT2D eigenvalue weighted by Gasteiger charge is -2.03. The highest BCUT2D eigenvalue weighted by Gasteiger charge is 2.07. The Morgan fingerprint density at radius 2 is 2.00 bits per heavy atom. The first-order chi connectivity index (χ1) is 7.70. The number of aromatic nitrogens is 2. The second-order valence-electron chi connectivity index (χ2n) is 3.74. The van der Waals surface area contributed by atoms with Gasteiger partial charge in [0, 0.05) is 17.7 Å². The van der Waals surface area contributed by atoms with Crippen molar-refractivity contribution in [2.45, 2.75) is 13.3 Å². The Bertz CT molecular complexity index is 454. The number of aryl methyl sites for hydroxylation is 1. The average Bonchev–Trinajstić information content (AvgIpc) is 2.62. The smallest absolute Gasteiger partial charge is 0.148 e. The van der Waals surface area contributed by atoms with Crippen molar-refractivity contribution < 1.29 is 4.74 Å². The van der Waals surface area contributed by atoms with Gasteiger partial charge in [0.1, 0.15) is 11.6 Å². The topological polar surface area (TPSA) is 63.9 Å². The van der Waals surface area contributed by atoms with Crippen LogP contribution < -0.4 is 10.5 Å². The molecule has 0 saturated carbocycles. The Morgan fingerprint density at radius 1 is 1.31 bits per heavy atom. The second kappa shape index (κ2) is 4.26. The minimum Gasteiger partial charge on any atom is -0.497 e. The maximum atomic E-state index is 5.78. The highest BCUT2D eigenvalue weighted by atomic mass is 16.5. The van der Waals surface area contributed by atoms with Crippen LogP contribution in [0.2, 0.25) is 0 Å². The molecule has 0 aliphatic carbocycles. The molecule has 0 amide bonds. The van der Waals surface area contributed by atoms with Crippen molar-refractivity contribution in [1.82, 2.24) is 10.2 Å². The summed E-state index contributed by atoms with van der Waals surface area (Å²) < 4.78 is 5.11. The van der Waals surface area contributed by atoms with Gasteiger partial charge in [-0.2, -0.15) is 5.10 Å². The molecular formula is C12H15N3O. The van der Waals surface area contributed by atoms with Crippen LogP contribution in [0.25, 0.3) is 0 Å². The van der Waals surface area contributed by atoms with Crippen molar-refractivity contribution in [3.8, 4) is 5.75 Å². The van der Waals surface area contributed by atoms with Gasteiger partial charge < -0.3 is 10.5 Å². The molecule has 1 aromatic heterocycles. The van der Waals surface area contributed by atoms with Crippen molar-refractivity contribution in [1.29, 1.82) is 0 Å². The lowest BCUT2D eigenvalue weighted by Crippen LogP contribution is -1.95. The van der Waals surface area contributed by atoms with Crippen LogP contribution in [0, 0.1) is 6.92 Å². The van der Waals surface area contributed by atoms with Crippen LogP contribution in [-0.2, 0) is 6.42 Å². The highest BCUT2D eigenvalue weighted by Crippen LogP contribution is 2.19. The van der Waals surface area contributed by atoms with Crippen molar-refractivity contribution in [2.24, 2.45) is 0 Å². The van der Waals surface area contributed by atoms with Gasteiger partial charge in [0.15, 0.2) is 0 Å². The molecular weight excluding hydrogens is 202 g/mol. The summed E-state index contributed by atoms with van der Waals surface area (Å²) in [4.78, 5) is 0. The molecule has 0 fully saturated rings. The largest absolute Gasteiger partial charge is 0.497 e. The van der Waals surface area contributed by atoms with E-state index in [-0.39, 0.29) is 0 Å². The van der Waals surface area contributed by atoms with Crippen molar-refractivity contribution in [3.63, 3.8) is 0 Å². The molecule has 0 aliphatic rings. The quantitative estimate of drug-likeness (QED) is 0.825. The highest BCUT2D eigenvalue weighted by molar-refractivity contribution is 5.45. The first-order valence-electron chi connectivity index (χ1n) is 5.13. The lowest BCUT2D eigenvalue weighted by molar-refractivity contribution is 0.414. The third kappa shape index (κ3) is 2.00. The summed E-state index contributed by atoms with van der Waals surface area (Å²) in [7, 11) is 1.66. The van der Waals surface area contributed by atoms with Gasteiger partial charge in [-0.3, -0.25) is 5.10 Å². The summed E-state index contributed by atoms with van der Waals surface area (Å²) in [5.41, 5.74) is 9.05. The minimum absolute atomic E-state index is 0.577. The first-order valence-corrected chi connectivity index (χ1v) is 5.13. The fraction of sp³-hybridized carbons (Fsp3) is 0.250. The maximum Gasteiger partial charge on any atom is 0.148 e.